The number of hydrogen-bond acceptors (Lipinski definition) is 7. The average Bonchev–Trinajstić information content (AvgIpc) is 3.41. The van der Waals surface area contributed by atoms with Gasteiger partial charge in [-0.05, 0) is 53.4 Å². The lowest BCUT2D eigenvalue weighted by Gasteiger charge is -2.32. The summed E-state index contributed by atoms with van der Waals surface area (Å²) in [5.74, 6) is 0.689. The number of carbonyl (C=O) groups excluding carboxylic acids is 1. The molecule has 0 spiro atoms. The van der Waals surface area contributed by atoms with Crippen LogP contribution in [0.2, 0.25) is 0 Å². The summed E-state index contributed by atoms with van der Waals surface area (Å²) in [5, 5.41) is 9.08. The number of H-pyrrole nitrogens is 1. The Morgan fingerprint density at radius 1 is 1.06 bits per heavy atom. The molecule has 2 aromatic carbocycles. The largest absolute Gasteiger partial charge is 0.446 e. The molecule has 1 saturated heterocycles. The molecule has 180 valence electrons. The number of hydrogen-bond donors (Lipinski definition) is 1. The second-order valence-electron chi connectivity index (χ2n) is 8.92. The number of amides is 1. The van der Waals surface area contributed by atoms with Gasteiger partial charge in [0.05, 0.1) is 5.69 Å². The number of ether oxygens (including phenoxy) is 2. The average molecular weight is 473 g/mol. The van der Waals surface area contributed by atoms with Gasteiger partial charge >= 0.3 is 12.1 Å². The lowest BCUT2D eigenvalue weighted by Crippen LogP contribution is -2.39. The molecule has 1 aliphatic heterocycles. The SMILES string of the molecule is CN(C)C(=O)OC1CCN(Cc2ccc3cc(Oc4ncc(-c5ccn[nH]5)cn4)ccc3c2)CC1. The number of benzene rings is 2. The van der Waals surface area contributed by atoms with Crippen molar-refractivity contribution in [3.63, 3.8) is 0 Å². The maximum Gasteiger partial charge on any atom is 0.409 e. The first-order chi connectivity index (χ1) is 17.0. The number of likely N-dealkylation sites (tertiary alicyclic amines) is 1. The van der Waals surface area contributed by atoms with E-state index in [1.54, 1.807) is 32.7 Å². The number of piperidine rings is 1. The molecule has 0 radical (unpaired) electrons. The number of rotatable bonds is 6. The van der Waals surface area contributed by atoms with E-state index in [1.165, 1.54) is 10.5 Å². The Kier molecular flexibility index (Phi) is 6.58. The summed E-state index contributed by atoms with van der Waals surface area (Å²) >= 11 is 0. The molecule has 0 atom stereocenters. The van der Waals surface area contributed by atoms with E-state index in [2.05, 4.69) is 49.3 Å². The van der Waals surface area contributed by atoms with Crippen LogP contribution in [0.3, 0.4) is 0 Å². The smallest absolute Gasteiger partial charge is 0.409 e. The molecule has 9 heteroatoms. The molecule has 4 aromatic rings. The zero-order valence-electron chi connectivity index (χ0n) is 19.8. The fourth-order valence-corrected chi connectivity index (χ4v) is 4.16. The Labute approximate surface area is 203 Å². The highest BCUT2D eigenvalue weighted by Gasteiger charge is 2.23. The van der Waals surface area contributed by atoms with E-state index < -0.39 is 0 Å². The quantitative estimate of drug-likeness (QED) is 0.442. The Morgan fingerprint density at radius 3 is 2.51 bits per heavy atom. The molecule has 0 saturated carbocycles. The normalized spacial score (nSPS) is 14.7. The highest BCUT2D eigenvalue weighted by Crippen LogP contribution is 2.26. The van der Waals surface area contributed by atoms with Crippen molar-refractivity contribution in [2.45, 2.75) is 25.5 Å². The highest BCUT2D eigenvalue weighted by molar-refractivity contribution is 5.84. The lowest BCUT2D eigenvalue weighted by molar-refractivity contribution is 0.0344. The van der Waals surface area contributed by atoms with Gasteiger partial charge in [0, 0.05) is 57.9 Å². The van der Waals surface area contributed by atoms with Crippen LogP contribution in [-0.2, 0) is 11.3 Å². The molecule has 1 aliphatic rings. The van der Waals surface area contributed by atoms with E-state index >= 15 is 0 Å². The Balaban J connectivity index is 1.18. The van der Waals surface area contributed by atoms with Gasteiger partial charge in [-0.15, -0.1) is 0 Å². The maximum absolute atomic E-state index is 11.8. The van der Waals surface area contributed by atoms with Gasteiger partial charge in [0.15, 0.2) is 0 Å². The summed E-state index contributed by atoms with van der Waals surface area (Å²) in [6.45, 7) is 2.70. The first-order valence-electron chi connectivity index (χ1n) is 11.7. The zero-order valence-corrected chi connectivity index (χ0v) is 19.8. The summed E-state index contributed by atoms with van der Waals surface area (Å²) in [4.78, 5) is 24.2. The topological polar surface area (TPSA) is 96.5 Å². The third kappa shape index (κ3) is 5.58. The van der Waals surface area contributed by atoms with Crippen LogP contribution < -0.4 is 4.74 Å². The predicted octanol–water partition coefficient (Wildman–Crippen LogP) is 4.47. The monoisotopic (exact) mass is 472 g/mol. The third-order valence-electron chi connectivity index (χ3n) is 6.10. The van der Waals surface area contributed by atoms with Crippen molar-refractivity contribution in [1.29, 1.82) is 0 Å². The predicted molar refractivity (Wildman–Crippen MR) is 132 cm³/mol. The molecule has 5 rings (SSSR count). The molecule has 2 aromatic heterocycles. The van der Waals surface area contributed by atoms with Gasteiger partial charge in [0.2, 0.25) is 0 Å². The molecule has 35 heavy (non-hydrogen) atoms. The van der Waals surface area contributed by atoms with Crippen LogP contribution in [0.15, 0.2) is 61.1 Å². The van der Waals surface area contributed by atoms with Gasteiger partial charge < -0.3 is 14.4 Å². The van der Waals surface area contributed by atoms with E-state index in [1.807, 2.05) is 18.2 Å². The standard InChI is InChI=1S/C26H28N6O3/c1-31(2)26(33)35-22-8-11-32(12-9-22)17-18-3-4-20-14-23(6-5-19(20)13-18)34-25-27-15-21(16-28-25)24-7-10-29-30-24/h3-7,10,13-16,22H,8-9,11-12,17H2,1-2H3,(H,29,30). The number of fused-ring (bicyclic) bond motifs is 1. The minimum atomic E-state index is -0.265. The summed E-state index contributed by atoms with van der Waals surface area (Å²) in [7, 11) is 3.42. The Bertz CT molecular complexity index is 1280. The number of aromatic nitrogens is 4. The second kappa shape index (κ2) is 10.1. The Morgan fingerprint density at radius 2 is 1.80 bits per heavy atom. The van der Waals surface area contributed by atoms with Gasteiger partial charge in [-0.2, -0.15) is 5.10 Å². The van der Waals surface area contributed by atoms with Crippen LogP contribution in [0.4, 0.5) is 4.79 Å². The fraction of sp³-hybridized carbons (Fsp3) is 0.308. The van der Waals surface area contributed by atoms with Crippen LogP contribution in [0.1, 0.15) is 18.4 Å². The van der Waals surface area contributed by atoms with E-state index in [-0.39, 0.29) is 12.2 Å². The van der Waals surface area contributed by atoms with Gasteiger partial charge in [-0.3, -0.25) is 10.00 Å². The van der Waals surface area contributed by atoms with Gasteiger partial charge in [-0.25, -0.2) is 14.8 Å². The van der Waals surface area contributed by atoms with Crippen LogP contribution in [0.5, 0.6) is 11.8 Å². The van der Waals surface area contributed by atoms with Crippen molar-refractivity contribution in [2.24, 2.45) is 0 Å². The van der Waals surface area contributed by atoms with E-state index in [4.69, 9.17) is 9.47 Å². The molecule has 1 N–H and O–H groups in total. The van der Waals surface area contributed by atoms with E-state index in [9.17, 15) is 4.79 Å². The van der Waals surface area contributed by atoms with Crippen LogP contribution >= 0.6 is 0 Å². The molecule has 1 amide bonds. The van der Waals surface area contributed by atoms with Crippen molar-refractivity contribution < 1.29 is 14.3 Å². The van der Waals surface area contributed by atoms with Crippen molar-refractivity contribution in [3.8, 4) is 23.0 Å². The minimum absolute atomic E-state index is 0.00170. The van der Waals surface area contributed by atoms with Crippen molar-refractivity contribution in [1.82, 2.24) is 30.0 Å². The van der Waals surface area contributed by atoms with Crippen molar-refractivity contribution >= 4 is 16.9 Å². The summed E-state index contributed by atoms with van der Waals surface area (Å²) in [6.07, 6.45) is 6.56. The lowest BCUT2D eigenvalue weighted by atomic mass is 10.0. The molecule has 1 fully saturated rings. The molecule has 0 bridgehead atoms. The van der Waals surface area contributed by atoms with Crippen LogP contribution in [0.25, 0.3) is 22.0 Å². The molecular weight excluding hydrogens is 444 g/mol. The summed E-state index contributed by atoms with van der Waals surface area (Å²) in [6, 6.07) is 14.6. The summed E-state index contributed by atoms with van der Waals surface area (Å²) < 4.78 is 11.4. The molecular formula is C26H28N6O3. The number of carbonyl (C=O) groups is 1. The minimum Gasteiger partial charge on any atom is -0.446 e. The van der Waals surface area contributed by atoms with Gasteiger partial charge in [0.1, 0.15) is 11.9 Å². The van der Waals surface area contributed by atoms with E-state index in [0.29, 0.717) is 11.8 Å². The molecule has 0 aliphatic carbocycles. The summed E-state index contributed by atoms with van der Waals surface area (Å²) in [5.41, 5.74) is 2.96. The maximum atomic E-state index is 11.8. The highest BCUT2D eigenvalue weighted by atomic mass is 16.6. The molecule has 0 unspecified atom stereocenters. The number of aromatic amines is 1. The fourth-order valence-electron chi connectivity index (χ4n) is 4.16. The molecule has 9 nitrogen and oxygen atoms in total. The molecule has 3 heterocycles. The Hall–Kier alpha value is -3.98. The number of nitrogens with one attached hydrogen (secondary N) is 1. The second-order valence-corrected chi connectivity index (χ2v) is 8.92. The number of nitrogens with zero attached hydrogens (tertiary/aromatic N) is 5. The van der Waals surface area contributed by atoms with Crippen molar-refractivity contribution in [3.05, 3.63) is 66.6 Å². The van der Waals surface area contributed by atoms with Crippen molar-refractivity contribution in [2.75, 3.05) is 27.2 Å². The first kappa shape index (κ1) is 22.8. The van der Waals surface area contributed by atoms with Gasteiger partial charge in [0.25, 0.3) is 0 Å². The zero-order chi connectivity index (χ0) is 24.2. The van der Waals surface area contributed by atoms with Crippen LogP contribution in [-0.4, -0.2) is 69.3 Å². The van der Waals surface area contributed by atoms with Gasteiger partial charge in [-0.1, -0.05) is 18.2 Å². The van der Waals surface area contributed by atoms with Crippen LogP contribution in [0, 0.1) is 0 Å². The first-order valence-corrected chi connectivity index (χ1v) is 11.7. The third-order valence-corrected chi connectivity index (χ3v) is 6.10. The van der Waals surface area contributed by atoms with E-state index in [0.717, 1.165) is 54.5 Å².